The van der Waals surface area contributed by atoms with Gasteiger partial charge in [0.2, 0.25) is 5.91 Å². The summed E-state index contributed by atoms with van der Waals surface area (Å²) in [6.45, 7) is 1.90. The van der Waals surface area contributed by atoms with Crippen molar-refractivity contribution in [2.75, 3.05) is 18.6 Å². The summed E-state index contributed by atoms with van der Waals surface area (Å²) in [5.74, 6) is 0.499. The highest BCUT2D eigenvalue weighted by atomic mass is 32.2. The van der Waals surface area contributed by atoms with Crippen LogP contribution in [-0.4, -0.2) is 40.3 Å². The van der Waals surface area contributed by atoms with Crippen molar-refractivity contribution >= 4 is 23.7 Å². The lowest BCUT2D eigenvalue weighted by atomic mass is 10.1. The second-order valence-electron chi connectivity index (χ2n) is 4.57. The van der Waals surface area contributed by atoms with E-state index < -0.39 is 5.60 Å². The summed E-state index contributed by atoms with van der Waals surface area (Å²) in [4.78, 5) is 11.6. The molecule has 1 aromatic rings. The Kier molecular flexibility index (Phi) is 5.92. The maximum Gasteiger partial charge on any atom is 0.244 e. The highest BCUT2D eigenvalue weighted by Gasteiger charge is 2.19. The first-order valence-corrected chi connectivity index (χ1v) is 7.28. The number of rotatable bonds is 6. The molecule has 0 fully saturated rings. The minimum atomic E-state index is -0.901. The molecule has 0 saturated heterocycles. The van der Waals surface area contributed by atoms with Gasteiger partial charge in [0, 0.05) is 18.4 Å². The smallest absolute Gasteiger partial charge is 0.244 e. The molecule has 1 amide bonds. The van der Waals surface area contributed by atoms with Crippen LogP contribution >= 0.6 is 11.8 Å². The molecule has 19 heavy (non-hydrogen) atoms. The molecule has 1 atom stereocenters. The van der Waals surface area contributed by atoms with Gasteiger partial charge in [0.15, 0.2) is 0 Å². The number of aromatic hydroxyl groups is 1. The van der Waals surface area contributed by atoms with Crippen molar-refractivity contribution in [3.63, 3.8) is 0 Å². The molecule has 0 aliphatic rings. The van der Waals surface area contributed by atoms with Gasteiger partial charge in [0.25, 0.3) is 0 Å². The summed E-state index contributed by atoms with van der Waals surface area (Å²) < 4.78 is 0. The molecule has 0 saturated carbocycles. The van der Waals surface area contributed by atoms with Crippen molar-refractivity contribution in [2.45, 2.75) is 12.5 Å². The molecule has 3 N–H and O–H groups in total. The average Bonchev–Trinajstić information content (AvgIpc) is 2.36. The number of aliphatic hydroxyl groups is 1. The summed E-state index contributed by atoms with van der Waals surface area (Å²) in [5.41, 5.74) is -0.0784. The van der Waals surface area contributed by atoms with Crippen molar-refractivity contribution in [3.8, 4) is 5.75 Å². The zero-order chi connectivity index (χ0) is 14.3. The zero-order valence-corrected chi connectivity index (χ0v) is 11.9. The lowest BCUT2D eigenvalue weighted by Gasteiger charge is -2.21. The topological polar surface area (TPSA) is 69.6 Å². The summed E-state index contributed by atoms with van der Waals surface area (Å²) in [5, 5.41) is 21.7. The number of phenolic OH excluding ortho intramolecular Hbond substituents is 1. The zero-order valence-electron chi connectivity index (χ0n) is 11.1. The second kappa shape index (κ2) is 7.21. The number of thioether (sulfide) groups is 1. The number of amides is 1. The molecule has 0 heterocycles. The maximum absolute atomic E-state index is 11.6. The standard InChI is InChI=1S/C14H19NO3S/c1-14(18,10-19-2)9-15-13(17)8-5-11-3-6-12(16)7-4-11/h3-8,16,18H,9-10H2,1-2H3,(H,15,17)/b8-5+. The molecule has 104 valence electrons. The van der Waals surface area contributed by atoms with Crippen molar-refractivity contribution < 1.29 is 15.0 Å². The van der Waals surface area contributed by atoms with Crippen LogP contribution in [-0.2, 0) is 4.79 Å². The van der Waals surface area contributed by atoms with Gasteiger partial charge in [-0.2, -0.15) is 11.8 Å². The summed E-state index contributed by atoms with van der Waals surface area (Å²) in [7, 11) is 0. The largest absolute Gasteiger partial charge is 0.508 e. The van der Waals surface area contributed by atoms with E-state index >= 15 is 0 Å². The van der Waals surface area contributed by atoms with E-state index in [1.165, 1.54) is 17.8 Å². The highest BCUT2D eigenvalue weighted by molar-refractivity contribution is 7.98. The van der Waals surface area contributed by atoms with E-state index in [2.05, 4.69) is 5.32 Å². The molecule has 0 bridgehead atoms. The van der Waals surface area contributed by atoms with E-state index in [0.717, 1.165) is 5.56 Å². The molecule has 0 radical (unpaired) electrons. The van der Waals surface area contributed by atoms with Gasteiger partial charge in [-0.1, -0.05) is 12.1 Å². The van der Waals surface area contributed by atoms with Gasteiger partial charge in [-0.15, -0.1) is 0 Å². The monoisotopic (exact) mass is 281 g/mol. The molecular formula is C14H19NO3S. The molecule has 0 aliphatic heterocycles. The van der Waals surface area contributed by atoms with Crippen molar-refractivity contribution in [1.82, 2.24) is 5.32 Å². The third-order valence-electron chi connectivity index (χ3n) is 2.42. The number of benzene rings is 1. The van der Waals surface area contributed by atoms with E-state index in [4.69, 9.17) is 5.11 Å². The van der Waals surface area contributed by atoms with Crippen LogP contribution in [0, 0.1) is 0 Å². The molecule has 0 aliphatic carbocycles. The Hall–Kier alpha value is -1.46. The molecule has 1 unspecified atom stereocenters. The van der Waals surface area contributed by atoms with Crippen molar-refractivity contribution in [2.24, 2.45) is 0 Å². The summed E-state index contributed by atoms with van der Waals surface area (Å²) in [6, 6.07) is 6.54. The maximum atomic E-state index is 11.6. The lowest BCUT2D eigenvalue weighted by molar-refractivity contribution is -0.117. The fraction of sp³-hybridized carbons (Fsp3) is 0.357. The van der Waals surface area contributed by atoms with Crippen LogP contribution < -0.4 is 5.32 Å². The number of carbonyl (C=O) groups excluding carboxylic acids is 1. The normalized spacial score (nSPS) is 14.3. The number of phenols is 1. The van der Waals surface area contributed by atoms with Gasteiger partial charge < -0.3 is 15.5 Å². The van der Waals surface area contributed by atoms with Gasteiger partial charge in [-0.25, -0.2) is 0 Å². The van der Waals surface area contributed by atoms with Gasteiger partial charge in [0.1, 0.15) is 5.75 Å². The SMILES string of the molecule is CSCC(C)(O)CNC(=O)/C=C/c1ccc(O)cc1. The average molecular weight is 281 g/mol. The Bertz CT molecular complexity index is 441. The van der Waals surface area contributed by atoms with Gasteiger partial charge in [0.05, 0.1) is 5.60 Å². The van der Waals surface area contributed by atoms with Crippen LogP contribution in [0.3, 0.4) is 0 Å². The van der Waals surface area contributed by atoms with Crippen LogP contribution in [0.2, 0.25) is 0 Å². The minimum absolute atomic E-state index is 0.190. The fourth-order valence-electron chi connectivity index (χ4n) is 1.46. The predicted molar refractivity (Wildman–Crippen MR) is 79.2 cm³/mol. The Morgan fingerprint density at radius 2 is 2.05 bits per heavy atom. The molecule has 5 heteroatoms. The van der Waals surface area contributed by atoms with E-state index in [-0.39, 0.29) is 18.2 Å². The first-order chi connectivity index (χ1) is 8.93. The second-order valence-corrected chi connectivity index (χ2v) is 5.44. The van der Waals surface area contributed by atoms with E-state index in [0.29, 0.717) is 5.75 Å². The van der Waals surface area contributed by atoms with Gasteiger partial charge in [-0.05, 0) is 37.0 Å². The Labute approximate surface area is 117 Å². The van der Waals surface area contributed by atoms with Crippen LogP contribution in [0.15, 0.2) is 30.3 Å². The molecular weight excluding hydrogens is 262 g/mol. The van der Waals surface area contributed by atoms with Crippen LogP contribution in [0.5, 0.6) is 5.75 Å². The first-order valence-electron chi connectivity index (χ1n) is 5.89. The highest BCUT2D eigenvalue weighted by Crippen LogP contribution is 2.11. The lowest BCUT2D eigenvalue weighted by Crippen LogP contribution is -2.41. The molecule has 0 spiro atoms. The van der Waals surface area contributed by atoms with E-state index in [9.17, 15) is 9.90 Å². The Morgan fingerprint density at radius 3 is 2.63 bits per heavy atom. The number of hydrogen-bond donors (Lipinski definition) is 3. The number of nitrogens with one attached hydrogen (secondary N) is 1. The predicted octanol–water partition coefficient (Wildman–Crippen LogP) is 1.64. The van der Waals surface area contributed by atoms with E-state index in [1.807, 2.05) is 6.26 Å². The molecule has 4 nitrogen and oxygen atoms in total. The molecule has 1 aromatic carbocycles. The number of carbonyl (C=O) groups is 1. The summed E-state index contributed by atoms with van der Waals surface area (Å²) in [6.07, 6.45) is 4.96. The molecule has 1 rings (SSSR count). The van der Waals surface area contributed by atoms with Crippen LogP contribution in [0.25, 0.3) is 6.08 Å². The minimum Gasteiger partial charge on any atom is -0.508 e. The Balaban J connectivity index is 2.45. The third kappa shape index (κ3) is 6.31. The third-order valence-corrected chi connectivity index (χ3v) is 3.33. The fourth-order valence-corrected chi connectivity index (χ4v) is 2.18. The molecule has 0 aromatic heterocycles. The summed E-state index contributed by atoms with van der Waals surface area (Å²) >= 11 is 1.53. The quantitative estimate of drug-likeness (QED) is 0.693. The number of hydrogen-bond acceptors (Lipinski definition) is 4. The Morgan fingerprint density at radius 1 is 1.42 bits per heavy atom. The van der Waals surface area contributed by atoms with Crippen LogP contribution in [0.1, 0.15) is 12.5 Å². The van der Waals surface area contributed by atoms with Crippen molar-refractivity contribution in [3.05, 3.63) is 35.9 Å². The van der Waals surface area contributed by atoms with Crippen molar-refractivity contribution in [1.29, 1.82) is 0 Å². The van der Waals surface area contributed by atoms with Gasteiger partial charge in [-0.3, -0.25) is 4.79 Å². The van der Waals surface area contributed by atoms with Gasteiger partial charge >= 0.3 is 0 Å². The van der Waals surface area contributed by atoms with E-state index in [1.54, 1.807) is 37.3 Å². The van der Waals surface area contributed by atoms with Crippen LogP contribution in [0.4, 0.5) is 0 Å². The first kappa shape index (κ1) is 15.6.